The van der Waals surface area contributed by atoms with Crippen LogP contribution in [0.3, 0.4) is 0 Å². The summed E-state index contributed by atoms with van der Waals surface area (Å²) in [4.78, 5) is 3.82. The minimum Gasteiger partial charge on any atom is -0.468 e. The smallest absolute Gasteiger partial charge is 0.422 e. The Morgan fingerprint density at radius 3 is 2.62 bits per heavy atom. The van der Waals surface area contributed by atoms with Crippen molar-refractivity contribution in [3.05, 3.63) is 23.4 Å². The van der Waals surface area contributed by atoms with Crippen molar-refractivity contribution in [3.8, 4) is 5.88 Å². The van der Waals surface area contributed by atoms with Crippen molar-refractivity contribution in [2.24, 2.45) is 5.73 Å². The Kier molecular flexibility index (Phi) is 4.78. The number of pyridine rings is 1. The van der Waals surface area contributed by atoms with Gasteiger partial charge in [-0.25, -0.2) is 4.98 Å². The summed E-state index contributed by atoms with van der Waals surface area (Å²) in [5, 5.41) is 0. The van der Waals surface area contributed by atoms with Crippen molar-refractivity contribution in [2.45, 2.75) is 17.1 Å². The number of halogens is 4. The molecule has 0 aromatic carbocycles. The van der Waals surface area contributed by atoms with Crippen LogP contribution in [0.2, 0.25) is 0 Å². The largest absolute Gasteiger partial charge is 0.468 e. The normalized spacial score (nSPS) is 11.6. The molecule has 1 heterocycles. The molecule has 0 atom stereocenters. The van der Waals surface area contributed by atoms with Gasteiger partial charge >= 0.3 is 6.18 Å². The van der Waals surface area contributed by atoms with Gasteiger partial charge in [-0.15, -0.1) is 0 Å². The molecule has 0 aliphatic heterocycles. The Morgan fingerprint density at radius 2 is 2.12 bits per heavy atom. The summed E-state index contributed by atoms with van der Waals surface area (Å²) in [6.07, 6.45) is -2.93. The fourth-order valence-electron chi connectivity index (χ4n) is 1.03. The van der Waals surface area contributed by atoms with Gasteiger partial charge in [-0.2, -0.15) is 13.2 Å². The highest BCUT2D eigenvalue weighted by Crippen LogP contribution is 2.22. The summed E-state index contributed by atoms with van der Waals surface area (Å²) in [6, 6.07) is 1.70. The van der Waals surface area contributed by atoms with E-state index in [9.17, 15) is 13.2 Å². The Hall–Kier alpha value is -0.570. The number of alkyl halides is 4. The molecule has 0 aliphatic rings. The zero-order valence-electron chi connectivity index (χ0n) is 8.22. The molecule has 1 rings (SSSR count). The molecule has 0 aliphatic carbocycles. The minimum absolute atomic E-state index is 0.0175. The number of rotatable bonds is 4. The van der Waals surface area contributed by atoms with E-state index in [2.05, 4.69) is 9.72 Å². The standard InChI is InChI=1S/C9H10F3IN2O/c10-9(11,12)5-16-8-7(2-13)1-6(3-14)4-15-8/h1,4H,2-3,5,14H2. The summed E-state index contributed by atoms with van der Waals surface area (Å²) in [7, 11) is 0. The first-order valence-corrected chi connectivity index (χ1v) is 5.92. The lowest BCUT2D eigenvalue weighted by atomic mass is 10.2. The van der Waals surface area contributed by atoms with Crippen LogP contribution in [0.5, 0.6) is 5.88 Å². The lowest BCUT2D eigenvalue weighted by Crippen LogP contribution is -2.20. The number of aromatic nitrogens is 1. The van der Waals surface area contributed by atoms with Crippen molar-refractivity contribution in [1.82, 2.24) is 4.98 Å². The fourth-order valence-corrected chi connectivity index (χ4v) is 1.58. The maximum absolute atomic E-state index is 11.9. The Bertz CT molecular complexity index is 357. The molecule has 1 aromatic rings. The molecular formula is C9H10F3IN2O. The highest BCUT2D eigenvalue weighted by Gasteiger charge is 2.29. The first-order chi connectivity index (χ1) is 7.46. The van der Waals surface area contributed by atoms with E-state index in [4.69, 9.17) is 5.73 Å². The van der Waals surface area contributed by atoms with Gasteiger partial charge < -0.3 is 10.5 Å². The third-order valence-corrected chi connectivity index (χ3v) is 2.56. The lowest BCUT2D eigenvalue weighted by molar-refractivity contribution is -0.154. The summed E-state index contributed by atoms with van der Waals surface area (Å²) in [5.41, 5.74) is 6.79. The molecule has 3 nitrogen and oxygen atoms in total. The van der Waals surface area contributed by atoms with Crippen LogP contribution in [0.15, 0.2) is 12.3 Å². The topological polar surface area (TPSA) is 48.1 Å². The first-order valence-electron chi connectivity index (χ1n) is 4.39. The van der Waals surface area contributed by atoms with Crippen LogP contribution < -0.4 is 10.5 Å². The second-order valence-corrected chi connectivity index (χ2v) is 3.81. The number of nitrogens with zero attached hydrogens (tertiary/aromatic N) is 1. The van der Waals surface area contributed by atoms with Crippen molar-refractivity contribution >= 4 is 22.6 Å². The van der Waals surface area contributed by atoms with Gasteiger partial charge in [-0.3, -0.25) is 0 Å². The summed E-state index contributed by atoms with van der Waals surface area (Å²) in [5.74, 6) is 0.0175. The number of hydrogen-bond donors (Lipinski definition) is 1. The van der Waals surface area contributed by atoms with Crippen LogP contribution in [-0.2, 0) is 11.0 Å². The van der Waals surface area contributed by atoms with E-state index >= 15 is 0 Å². The van der Waals surface area contributed by atoms with Crippen LogP contribution >= 0.6 is 22.6 Å². The summed E-state index contributed by atoms with van der Waals surface area (Å²) >= 11 is 2.03. The molecule has 0 radical (unpaired) electrons. The maximum atomic E-state index is 11.9. The molecule has 7 heteroatoms. The predicted molar refractivity (Wildman–Crippen MR) is 61.4 cm³/mol. The van der Waals surface area contributed by atoms with E-state index in [0.29, 0.717) is 16.5 Å². The summed E-state index contributed by atoms with van der Waals surface area (Å²) in [6.45, 7) is -1.03. The Balaban J connectivity index is 2.79. The summed E-state index contributed by atoms with van der Waals surface area (Å²) < 4.78 is 41.0. The van der Waals surface area contributed by atoms with Crippen molar-refractivity contribution in [3.63, 3.8) is 0 Å². The average molecular weight is 346 g/mol. The minimum atomic E-state index is -4.35. The van der Waals surface area contributed by atoms with Gasteiger partial charge in [0, 0.05) is 22.7 Å². The number of nitrogens with two attached hydrogens (primary N) is 1. The highest BCUT2D eigenvalue weighted by atomic mass is 127. The Morgan fingerprint density at radius 1 is 1.44 bits per heavy atom. The van der Waals surface area contributed by atoms with Gasteiger partial charge in [0.05, 0.1) is 0 Å². The molecule has 0 spiro atoms. The second kappa shape index (κ2) is 5.67. The molecule has 0 amide bonds. The van der Waals surface area contributed by atoms with E-state index in [1.165, 1.54) is 6.20 Å². The molecule has 0 saturated heterocycles. The molecule has 2 N–H and O–H groups in total. The fraction of sp³-hybridized carbons (Fsp3) is 0.444. The molecule has 16 heavy (non-hydrogen) atoms. The SMILES string of the molecule is NCc1cnc(OCC(F)(F)F)c(CI)c1. The van der Waals surface area contributed by atoms with Gasteiger partial charge in [0.25, 0.3) is 0 Å². The van der Waals surface area contributed by atoms with Crippen molar-refractivity contribution in [1.29, 1.82) is 0 Å². The second-order valence-electron chi connectivity index (χ2n) is 3.05. The molecule has 90 valence electrons. The lowest BCUT2D eigenvalue weighted by Gasteiger charge is -2.11. The highest BCUT2D eigenvalue weighted by molar-refractivity contribution is 14.1. The molecule has 0 saturated carbocycles. The molecule has 0 fully saturated rings. The Labute approximate surface area is 104 Å². The average Bonchev–Trinajstić information content (AvgIpc) is 2.25. The van der Waals surface area contributed by atoms with E-state index in [-0.39, 0.29) is 5.88 Å². The van der Waals surface area contributed by atoms with Crippen LogP contribution in [0.4, 0.5) is 13.2 Å². The molecular weight excluding hydrogens is 336 g/mol. The van der Waals surface area contributed by atoms with Gasteiger partial charge in [0.15, 0.2) is 6.61 Å². The molecule has 1 aromatic heterocycles. The maximum Gasteiger partial charge on any atom is 0.422 e. The monoisotopic (exact) mass is 346 g/mol. The van der Waals surface area contributed by atoms with E-state index in [0.717, 1.165) is 5.56 Å². The number of hydrogen-bond acceptors (Lipinski definition) is 3. The quantitative estimate of drug-likeness (QED) is 0.673. The van der Waals surface area contributed by atoms with Crippen molar-refractivity contribution in [2.75, 3.05) is 6.61 Å². The molecule has 0 bridgehead atoms. The van der Waals surface area contributed by atoms with Crippen LogP contribution in [-0.4, -0.2) is 17.8 Å². The predicted octanol–water partition coefficient (Wildman–Crippen LogP) is 2.42. The molecule has 0 unspecified atom stereocenters. The zero-order chi connectivity index (χ0) is 12.2. The van der Waals surface area contributed by atoms with E-state index in [1.54, 1.807) is 6.07 Å². The van der Waals surface area contributed by atoms with Crippen molar-refractivity contribution < 1.29 is 17.9 Å². The number of ether oxygens (including phenoxy) is 1. The van der Waals surface area contributed by atoms with Gasteiger partial charge in [-0.05, 0) is 11.6 Å². The van der Waals surface area contributed by atoms with Gasteiger partial charge in [0.1, 0.15) is 0 Å². The van der Waals surface area contributed by atoms with Crippen LogP contribution in [0.1, 0.15) is 11.1 Å². The first kappa shape index (κ1) is 13.5. The zero-order valence-corrected chi connectivity index (χ0v) is 10.4. The van der Waals surface area contributed by atoms with Crippen LogP contribution in [0.25, 0.3) is 0 Å². The van der Waals surface area contributed by atoms with E-state index < -0.39 is 12.8 Å². The van der Waals surface area contributed by atoms with Gasteiger partial charge in [0.2, 0.25) is 5.88 Å². The van der Waals surface area contributed by atoms with Gasteiger partial charge in [-0.1, -0.05) is 22.6 Å². The van der Waals surface area contributed by atoms with E-state index in [1.807, 2.05) is 22.6 Å². The third-order valence-electron chi connectivity index (χ3n) is 1.73. The third kappa shape index (κ3) is 4.12. The van der Waals surface area contributed by atoms with Crippen LogP contribution in [0, 0.1) is 0 Å².